The highest BCUT2D eigenvalue weighted by atomic mass is 16.6. The smallest absolute Gasteiger partial charge is 0.410 e. The van der Waals surface area contributed by atoms with E-state index < -0.39 is 5.60 Å². The molecule has 4 heteroatoms. The number of likely N-dealkylation sites (N-methyl/N-ethyl adjacent to an activating group) is 1. The highest BCUT2D eigenvalue weighted by Gasteiger charge is 2.31. The first-order valence-corrected chi connectivity index (χ1v) is 7.57. The van der Waals surface area contributed by atoms with Gasteiger partial charge in [0, 0.05) is 25.7 Å². The Morgan fingerprint density at radius 2 is 2.00 bits per heavy atom. The molecule has 2 rings (SSSR count). The molecule has 0 saturated carbocycles. The van der Waals surface area contributed by atoms with Crippen LogP contribution in [0.1, 0.15) is 32.8 Å². The van der Waals surface area contributed by atoms with E-state index in [1.54, 1.807) is 0 Å². The van der Waals surface area contributed by atoms with Gasteiger partial charge >= 0.3 is 6.09 Å². The summed E-state index contributed by atoms with van der Waals surface area (Å²) < 4.78 is 5.44. The maximum Gasteiger partial charge on any atom is 0.410 e. The van der Waals surface area contributed by atoms with Crippen LogP contribution in [0.15, 0.2) is 30.3 Å². The monoisotopic (exact) mass is 290 g/mol. The van der Waals surface area contributed by atoms with Gasteiger partial charge in [-0.3, -0.25) is 4.90 Å². The zero-order chi connectivity index (χ0) is 15.5. The zero-order valence-corrected chi connectivity index (χ0v) is 13.5. The van der Waals surface area contributed by atoms with Crippen LogP contribution in [-0.2, 0) is 11.3 Å². The lowest BCUT2D eigenvalue weighted by molar-refractivity contribution is 0.0282. The zero-order valence-electron chi connectivity index (χ0n) is 13.5. The van der Waals surface area contributed by atoms with Gasteiger partial charge < -0.3 is 9.64 Å². The Morgan fingerprint density at radius 3 is 2.62 bits per heavy atom. The van der Waals surface area contributed by atoms with Crippen LogP contribution in [0.5, 0.6) is 0 Å². The second-order valence-corrected chi connectivity index (χ2v) is 6.77. The summed E-state index contributed by atoms with van der Waals surface area (Å²) in [6.07, 6.45) is 0.806. The minimum atomic E-state index is -0.425. The van der Waals surface area contributed by atoms with Crippen LogP contribution in [0.4, 0.5) is 4.79 Å². The standard InChI is InChI=1S/C17H26N2O2/c1-17(2,3)21-16(20)19-11-10-15(13-19)18(4)12-14-8-6-5-7-9-14/h5-9,15H,10-13H2,1-4H3. The predicted molar refractivity (Wildman–Crippen MR) is 84.1 cm³/mol. The number of carbonyl (C=O) groups is 1. The first kappa shape index (κ1) is 15.8. The largest absolute Gasteiger partial charge is 0.444 e. The quantitative estimate of drug-likeness (QED) is 0.857. The summed E-state index contributed by atoms with van der Waals surface area (Å²) in [5.74, 6) is 0. The third kappa shape index (κ3) is 4.74. The molecule has 1 heterocycles. The molecule has 0 bridgehead atoms. The fourth-order valence-corrected chi connectivity index (χ4v) is 2.59. The summed E-state index contributed by atoms with van der Waals surface area (Å²) in [4.78, 5) is 16.2. The van der Waals surface area contributed by atoms with E-state index in [0.717, 1.165) is 26.1 Å². The van der Waals surface area contributed by atoms with E-state index in [1.165, 1.54) is 5.56 Å². The van der Waals surface area contributed by atoms with Gasteiger partial charge in [-0.2, -0.15) is 0 Å². The van der Waals surface area contributed by atoms with Crippen LogP contribution in [-0.4, -0.2) is 47.7 Å². The van der Waals surface area contributed by atoms with E-state index in [9.17, 15) is 4.79 Å². The number of hydrogen-bond acceptors (Lipinski definition) is 3. The average molecular weight is 290 g/mol. The number of benzene rings is 1. The molecule has 21 heavy (non-hydrogen) atoms. The molecule has 0 spiro atoms. The molecule has 0 radical (unpaired) electrons. The molecule has 1 aliphatic heterocycles. The molecule has 0 aromatic heterocycles. The van der Waals surface area contributed by atoms with Gasteiger partial charge in [0.2, 0.25) is 0 Å². The molecule has 1 aliphatic rings. The Hall–Kier alpha value is -1.55. The van der Waals surface area contributed by atoms with Crippen molar-refractivity contribution in [3.05, 3.63) is 35.9 Å². The topological polar surface area (TPSA) is 32.8 Å². The number of amides is 1. The maximum atomic E-state index is 12.1. The van der Waals surface area contributed by atoms with Crippen LogP contribution in [0.3, 0.4) is 0 Å². The van der Waals surface area contributed by atoms with E-state index in [1.807, 2.05) is 31.7 Å². The van der Waals surface area contributed by atoms with Crippen molar-refractivity contribution in [3.8, 4) is 0 Å². The average Bonchev–Trinajstić information content (AvgIpc) is 2.87. The SMILES string of the molecule is CN(Cc1ccccc1)C1CCN(C(=O)OC(C)(C)C)C1. The number of ether oxygens (including phenoxy) is 1. The van der Waals surface area contributed by atoms with E-state index >= 15 is 0 Å². The highest BCUT2D eigenvalue weighted by molar-refractivity contribution is 5.68. The number of nitrogens with zero attached hydrogens (tertiary/aromatic N) is 2. The van der Waals surface area contributed by atoms with Crippen molar-refractivity contribution in [3.63, 3.8) is 0 Å². The molecule has 1 aromatic carbocycles. The molecule has 0 aliphatic carbocycles. The van der Waals surface area contributed by atoms with Crippen molar-refractivity contribution < 1.29 is 9.53 Å². The molecule has 116 valence electrons. The van der Waals surface area contributed by atoms with Crippen molar-refractivity contribution >= 4 is 6.09 Å². The third-order valence-electron chi connectivity index (χ3n) is 3.71. The lowest BCUT2D eigenvalue weighted by Crippen LogP contribution is -2.38. The van der Waals surface area contributed by atoms with Crippen molar-refractivity contribution in [2.24, 2.45) is 0 Å². The normalized spacial score (nSPS) is 19.1. The van der Waals surface area contributed by atoms with Gasteiger partial charge in [-0.1, -0.05) is 30.3 Å². The van der Waals surface area contributed by atoms with Gasteiger partial charge in [-0.05, 0) is 39.8 Å². The van der Waals surface area contributed by atoms with E-state index in [2.05, 4.69) is 36.2 Å². The highest BCUT2D eigenvalue weighted by Crippen LogP contribution is 2.19. The molecule has 1 atom stereocenters. The predicted octanol–water partition coefficient (Wildman–Crippen LogP) is 3.13. The van der Waals surface area contributed by atoms with Crippen LogP contribution < -0.4 is 0 Å². The number of rotatable bonds is 3. The van der Waals surface area contributed by atoms with Crippen molar-refractivity contribution in [2.45, 2.75) is 45.4 Å². The molecule has 4 nitrogen and oxygen atoms in total. The minimum absolute atomic E-state index is 0.196. The van der Waals surface area contributed by atoms with Gasteiger partial charge in [0.25, 0.3) is 0 Å². The Morgan fingerprint density at radius 1 is 1.33 bits per heavy atom. The van der Waals surface area contributed by atoms with Crippen molar-refractivity contribution in [2.75, 3.05) is 20.1 Å². The van der Waals surface area contributed by atoms with Gasteiger partial charge in [0.15, 0.2) is 0 Å². The summed E-state index contributed by atoms with van der Waals surface area (Å²) in [6.45, 7) is 8.14. The Kier molecular flexibility index (Phi) is 4.88. The molecule has 1 unspecified atom stereocenters. The van der Waals surface area contributed by atoms with E-state index in [-0.39, 0.29) is 6.09 Å². The summed E-state index contributed by atoms with van der Waals surface area (Å²) in [6, 6.07) is 10.8. The molecule has 1 saturated heterocycles. The lowest BCUT2D eigenvalue weighted by Gasteiger charge is -2.26. The summed E-state index contributed by atoms with van der Waals surface area (Å²) in [5, 5.41) is 0. The van der Waals surface area contributed by atoms with Crippen LogP contribution >= 0.6 is 0 Å². The molecular weight excluding hydrogens is 264 g/mol. The van der Waals surface area contributed by atoms with Gasteiger partial charge in [0.05, 0.1) is 0 Å². The fourth-order valence-electron chi connectivity index (χ4n) is 2.59. The Balaban J connectivity index is 1.86. The van der Waals surface area contributed by atoms with Crippen LogP contribution in [0, 0.1) is 0 Å². The maximum absolute atomic E-state index is 12.1. The van der Waals surface area contributed by atoms with E-state index in [4.69, 9.17) is 4.74 Å². The summed E-state index contributed by atoms with van der Waals surface area (Å²) in [5.41, 5.74) is 0.876. The second kappa shape index (κ2) is 6.48. The summed E-state index contributed by atoms with van der Waals surface area (Å²) >= 11 is 0. The molecule has 1 aromatic rings. The van der Waals surface area contributed by atoms with E-state index in [0.29, 0.717) is 6.04 Å². The van der Waals surface area contributed by atoms with Crippen molar-refractivity contribution in [1.29, 1.82) is 0 Å². The Bertz CT molecular complexity index is 467. The number of carbonyl (C=O) groups excluding carboxylic acids is 1. The Labute approximate surface area is 127 Å². The molecule has 1 fully saturated rings. The van der Waals surface area contributed by atoms with Crippen molar-refractivity contribution in [1.82, 2.24) is 9.80 Å². The molecule has 0 N–H and O–H groups in total. The van der Waals surface area contributed by atoms with Gasteiger partial charge in [-0.25, -0.2) is 4.79 Å². The first-order valence-electron chi connectivity index (χ1n) is 7.57. The minimum Gasteiger partial charge on any atom is -0.444 e. The molecule has 1 amide bonds. The second-order valence-electron chi connectivity index (χ2n) is 6.77. The third-order valence-corrected chi connectivity index (χ3v) is 3.71. The molecular formula is C17H26N2O2. The fraction of sp³-hybridized carbons (Fsp3) is 0.588. The van der Waals surface area contributed by atoms with Gasteiger partial charge in [-0.15, -0.1) is 0 Å². The summed E-state index contributed by atoms with van der Waals surface area (Å²) in [7, 11) is 2.12. The van der Waals surface area contributed by atoms with Crippen LogP contribution in [0.25, 0.3) is 0 Å². The number of hydrogen-bond donors (Lipinski definition) is 0. The van der Waals surface area contributed by atoms with Gasteiger partial charge in [0.1, 0.15) is 5.60 Å². The first-order chi connectivity index (χ1) is 9.85. The van der Waals surface area contributed by atoms with Crippen LogP contribution in [0.2, 0.25) is 0 Å². The lowest BCUT2D eigenvalue weighted by atomic mass is 10.1. The number of likely N-dealkylation sites (tertiary alicyclic amines) is 1.